The van der Waals surface area contributed by atoms with Crippen LogP contribution in [0.2, 0.25) is 0 Å². The van der Waals surface area contributed by atoms with Gasteiger partial charge in [-0.25, -0.2) is 0 Å². The number of nitriles is 2. The van der Waals surface area contributed by atoms with Gasteiger partial charge in [0.15, 0.2) is 0 Å². The summed E-state index contributed by atoms with van der Waals surface area (Å²) in [4.78, 5) is 0. The fraction of sp³-hybridized carbons (Fsp3) is 0.214. The van der Waals surface area contributed by atoms with Gasteiger partial charge in [-0.15, -0.1) is 0 Å². The van der Waals surface area contributed by atoms with E-state index in [9.17, 15) is 10.5 Å². The molecule has 1 aromatic carbocycles. The third kappa shape index (κ3) is 2.22. The minimum Gasteiger partial charge on any atom is -0.496 e. The van der Waals surface area contributed by atoms with E-state index in [0.717, 1.165) is 11.8 Å². The van der Waals surface area contributed by atoms with Crippen LogP contribution in [-0.4, -0.2) is 12.2 Å². The molecule has 0 spiro atoms. The van der Waals surface area contributed by atoms with Crippen molar-refractivity contribution in [3.05, 3.63) is 40.4 Å². The summed E-state index contributed by atoms with van der Waals surface area (Å²) in [7, 11) is 1.53. The van der Waals surface area contributed by atoms with Gasteiger partial charge in [0.25, 0.3) is 0 Å². The van der Waals surface area contributed by atoms with Gasteiger partial charge < -0.3 is 10.5 Å². The van der Waals surface area contributed by atoms with Crippen molar-refractivity contribution in [3.63, 3.8) is 0 Å². The zero-order chi connectivity index (χ0) is 14.7. The van der Waals surface area contributed by atoms with Crippen LogP contribution in [0.5, 0.6) is 5.75 Å². The van der Waals surface area contributed by atoms with Gasteiger partial charge in [-0.05, 0) is 6.07 Å². The summed E-state index contributed by atoms with van der Waals surface area (Å²) in [5.74, 6) is -0.703. The van der Waals surface area contributed by atoms with Gasteiger partial charge in [0.2, 0.25) is 0 Å². The lowest BCUT2D eigenvalue weighted by atomic mass is 9.81. The van der Waals surface area contributed by atoms with E-state index in [0.29, 0.717) is 16.9 Å². The molecule has 0 aliphatic carbocycles. The van der Waals surface area contributed by atoms with Crippen LogP contribution in [0.1, 0.15) is 11.5 Å². The lowest BCUT2D eigenvalue weighted by Gasteiger charge is -2.28. The van der Waals surface area contributed by atoms with Crippen LogP contribution in [0.15, 0.2) is 34.9 Å². The Kier molecular flexibility index (Phi) is 3.97. The highest BCUT2D eigenvalue weighted by molar-refractivity contribution is 8.17. The first-order chi connectivity index (χ1) is 9.63. The molecule has 0 radical (unpaired) electrons. The van der Waals surface area contributed by atoms with E-state index in [-0.39, 0.29) is 10.1 Å². The molecule has 0 bridgehead atoms. The lowest BCUT2D eigenvalue weighted by Crippen LogP contribution is -2.27. The van der Waals surface area contributed by atoms with Crippen molar-refractivity contribution < 1.29 is 4.74 Å². The van der Waals surface area contributed by atoms with Crippen LogP contribution in [0.4, 0.5) is 0 Å². The van der Waals surface area contributed by atoms with Gasteiger partial charge in [0.1, 0.15) is 11.7 Å². The second-order valence-corrected chi connectivity index (χ2v) is 5.27. The fourth-order valence-electron chi connectivity index (χ4n) is 2.22. The molecule has 0 amide bonds. The molecule has 5 nitrogen and oxygen atoms in total. The minimum absolute atomic E-state index is 0.153. The number of nitrogens with two attached hydrogens (primary N) is 1. The molecule has 3 N–H and O–H groups in total. The molecule has 1 aliphatic heterocycles. The Morgan fingerprint density at radius 1 is 1.35 bits per heavy atom. The molecular weight excluding hydrogens is 272 g/mol. The van der Waals surface area contributed by atoms with E-state index in [1.165, 1.54) is 7.11 Å². The number of thioether (sulfide) groups is 1. The van der Waals surface area contributed by atoms with Crippen molar-refractivity contribution in [1.82, 2.24) is 0 Å². The summed E-state index contributed by atoms with van der Waals surface area (Å²) in [5, 5.41) is 27.0. The summed E-state index contributed by atoms with van der Waals surface area (Å²) in [6.07, 6.45) is 0. The van der Waals surface area contributed by atoms with Gasteiger partial charge in [-0.2, -0.15) is 10.5 Å². The van der Waals surface area contributed by atoms with Crippen molar-refractivity contribution in [1.29, 1.82) is 15.9 Å². The number of hydrogen-bond donors (Lipinski definition) is 2. The largest absolute Gasteiger partial charge is 0.496 e. The Balaban J connectivity index is 2.66. The topological polar surface area (TPSA) is 107 Å². The van der Waals surface area contributed by atoms with Crippen LogP contribution in [0.3, 0.4) is 0 Å². The number of ether oxygens (including phenoxy) is 1. The van der Waals surface area contributed by atoms with Gasteiger partial charge in [-0.3, -0.25) is 5.41 Å². The van der Waals surface area contributed by atoms with Crippen molar-refractivity contribution in [2.75, 3.05) is 7.11 Å². The van der Waals surface area contributed by atoms with E-state index in [4.69, 9.17) is 15.9 Å². The maximum absolute atomic E-state index is 9.34. The molecule has 20 heavy (non-hydrogen) atoms. The first-order valence-corrected chi connectivity index (χ1v) is 6.64. The number of hydrogen-bond acceptors (Lipinski definition) is 6. The van der Waals surface area contributed by atoms with Gasteiger partial charge in [-0.1, -0.05) is 30.0 Å². The molecule has 6 heteroatoms. The highest BCUT2D eigenvalue weighted by Crippen LogP contribution is 2.45. The predicted molar refractivity (Wildman–Crippen MR) is 77.0 cm³/mol. The molecule has 0 unspecified atom stereocenters. The Labute approximate surface area is 121 Å². The number of benzene rings is 1. The smallest absolute Gasteiger partial charge is 0.122 e. The third-order valence-corrected chi connectivity index (χ3v) is 4.06. The number of para-hydroxylation sites is 1. The Hall–Kier alpha value is -2.44. The number of rotatable bonds is 2. The molecule has 100 valence electrons. The first-order valence-electron chi connectivity index (χ1n) is 5.82. The Morgan fingerprint density at radius 3 is 2.65 bits per heavy atom. The average Bonchev–Trinajstić information content (AvgIpc) is 2.46. The molecule has 1 aliphatic rings. The monoisotopic (exact) mass is 284 g/mol. The van der Waals surface area contributed by atoms with E-state index < -0.39 is 11.8 Å². The average molecular weight is 284 g/mol. The highest BCUT2D eigenvalue weighted by Gasteiger charge is 2.38. The van der Waals surface area contributed by atoms with Gasteiger partial charge in [0.05, 0.1) is 34.9 Å². The fourth-order valence-corrected chi connectivity index (χ4v) is 3.06. The summed E-state index contributed by atoms with van der Waals surface area (Å²) < 4.78 is 5.30. The van der Waals surface area contributed by atoms with Gasteiger partial charge >= 0.3 is 0 Å². The highest BCUT2D eigenvalue weighted by atomic mass is 32.2. The summed E-state index contributed by atoms with van der Waals surface area (Å²) in [6, 6.07) is 11.3. The molecule has 0 saturated carbocycles. The molecule has 0 fully saturated rings. The lowest BCUT2D eigenvalue weighted by molar-refractivity contribution is 0.406. The molecule has 1 heterocycles. The molecule has 0 saturated heterocycles. The molecule has 1 aromatic rings. The van der Waals surface area contributed by atoms with Crippen molar-refractivity contribution >= 4 is 16.8 Å². The standard InChI is InChI=1S/C14H12N4OS/c1-19-11-5-3-2-4-8(11)12-9(6-15)13(17)20-14(18)10(12)7-16/h2-5,9,12,17H,18H2,1H3/t9-,12+/m0/s1. The van der Waals surface area contributed by atoms with E-state index >= 15 is 0 Å². The van der Waals surface area contributed by atoms with Crippen molar-refractivity contribution in [3.8, 4) is 17.9 Å². The SMILES string of the molecule is COc1ccccc1[C@H]1C(C#N)=C(N)SC(=N)[C@H]1C#N. The minimum atomic E-state index is -0.724. The van der Waals surface area contributed by atoms with Crippen LogP contribution in [0.25, 0.3) is 0 Å². The maximum Gasteiger partial charge on any atom is 0.122 e. The molecule has 2 atom stereocenters. The Bertz CT molecular complexity index is 668. The zero-order valence-electron chi connectivity index (χ0n) is 10.8. The van der Waals surface area contributed by atoms with Crippen LogP contribution in [0, 0.1) is 34.0 Å². The molecule has 0 aromatic heterocycles. The summed E-state index contributed by atoms with van der Waals surface area (Å²) in [6.45, 7) is 0. The number of nitrogens with one attached hydrogen (secondary N) is 1. The zero-order valence-corrected chi connectivity index (χ0v) is 11.6. The second-order valence-electron chi connectivity index (χ2n) is 4.18. The van der Waals surface area contributed by atoms with E-state index in [1.54, 1.807) is 12.1 Å². The summed E-state index contributed by atoms with van der Waals surface area (Å²) >= 11 is 0.973. The van der Waals surface area contributed by atoms with Crippen LogP contribution < -0.4 is 10.5 Å². The predicted octanol–water partition coefficient (Wildman–Crippen LogP) is 2.34. The summed E-state index contributed by atoms with van der Waals surface area (Å²) in [5.41, 5.74) is 6.87. The van der Waals surface area contributed by atoms with Crippen molar-refractivity contribution in [2.45, 2.75) is 5.92 Å². The van der Waals surface area contributed by atoms with Gasteiger partial charge in [0, 0.05) is 11.5 Å². The van der Waals surface area contributed by atoms with Crippen LogP contribution in [-0.2, 0) is 0 Å². The quantitative estimate of drug-likeness (QED) is 0.866. The number of nitrogens with zero attached hydrogens (tertiary/aromatic N) is 2. The van der Waals surface area contributed by atoms with E-state index in [2.05, 4.69) is 12.1 Å². The normalized spacial score (nSPS) is 22.1. The molecular formula is C14H12N4OS. The van der Waals surface area contributed by atoms with E-state index in [1.807, 2.05) is 12.1 Å². The van der Waals surface area contributed by atoms with Crippen molar-refractivity contribution in [2.24, 2.45) is 11.7 Å². The Morgan fingerprint density at radius 2 is 2.05 bits per heavy atom. The first kappa shape index (κ1) is 14.0. The third-order valence-electron chi connectivity index (χ3n) is 3.15. The molecule has 2 rings (SSSR count). The maximum atomic E-state index is 9.34. The second kappa shape index (κ2) is 5.68. The van der Waals surface area contributed by atoms with Crippen LogP contribution >= 0.6 is 11.8 Å². The number of allylic oxidation sites excluding steroid dienone is 1. The number of methoxy groups -OCH3 is 1.